The second-order valence-corrected chi connectivity index (χ2v) is 5.18. The summed E-state index contributed by atoms with van der Waals surface area (Å²) >= 11 is 0. The van der Waals surface area contributed by atoms with Gasteiger partial charge in [-0.25, -0.2) is 4.98 Å². The molecule has 4 heteroatoms. The minimum atomic E-state index is -0.0626. The molecule has 2 aromatic heterocycles. The predicted octanol–water partition coefficient (Wildman–Crippen LogP) is 3.78. The van der Waals surface area contributed by atoms with E-state index in [1.54, 1.807) is 13.1 Å². The number of hydrogen-bond acceptors (Lipinski definition) is 3. The molecule has 2 rings (SSSR count). The summed E-state index contributed by atoms with van der Waals surface area (Å²) in [6.07, 6.45) is 4.81. The first-order valence-corrected chi connectivity index (χ1v) is 7.12. The molecule has 2 heterocycles. The molecule has 0 saturated carbocycles. The molecule has 4 nitrogen and oxygen atoms in total. The lowest BCUT2D eigenvalue weighted by molar-refractivity contribution is 1.15. The molecule has 0 saturated heterocycles. The molecule has 0 aromatic carbocycles. The lowest BCUT2D eigenvalue weighted by atomic mass is 10.1. The molecule has 0 aliphatic heterocycles. The number of rotatable bonds is 4. The Morgan fingerprint density at radius 2 is 2.10 bits per heavy atom. The molecule has 21 heavy (non-hydrogen) atoms. The van der Waals surface area contributed by atoms with E-state index in [4.69, 9.17) is 0 Å². The van der Waals surface area contributed by atoms with Crippen LogP contribution in [0.5, 0.6) is 0 Å². The third-order valence-corrected chi connectivity index (χ3v) is 3.29. The molecule has 2 N–H and O–H groups in total. The Hall–Kier alpha value is -2.36. The van der Waals surface area contributed by atoms with Crippen LogP contribution in [0.3, 0.4) is 0 Å². The van der Waals surface area contributed by atoms with Gasteiger partial charge in [0.2, 0.25) is 0 Å². The van der Waals surface area contributed by atoms with E-state index in [9.17, 15) is 4.79 Å². The summed E-state index contributed by atoms with van der Waals surface area (Å²) in [6, 6.07) is 5.86. The van der Waals surface area contributed by atoms with E-state index in [0.29, 0.717) is 5.56 Å². The van der Waals surface area contributed by atoms with Crippen LogP contribution in [0.2, 0.25) is 0 Å². The van der Waals surface area contributed by atoms with E-state index in [1.165, 1.54) is 0 Å². The number of aromatic amines is 1. The van der Waals surface area contributed by atoms with Gasteiger partial charge in [0.25, 0.3) is 5.56 Å². The van der Waals surface area contributed by atoms with Crippen molar-refractivity contribution in [3.8, 4) is 11.3 Å². The van der Waals surface area contributed by atoms with Gasteiger partial charge >= 0.3 is 0 Å². The maximum Gasteiger partial charge on any atom is 0.250 e. The van der Waals surface area contributed by atoms with E-state index < -0.39 is 0 Å². The van der Waals surface area contributed by atoms with Crippen molar-refractivity contribution >= 4 is 5.82 Å². The first-order chi connectivity index (χ1) is 10.0. The second-order valence-electron chi connectivity index (χ2n) is 5.18. The maximum atomic E-state index is 11.5. The Morgan fingerprint density at radius 1 is 1.33 bits per heavy atom. The fourth-order valence-electron chi connectivity index (χ4n) is 2.18. The monoisotopic (exact) mass is 283 g/mol. The van der Waals surface area contributed by atoms with Crippen LogP contribution in [-0.2, 0) is 0 Å². The SMILES string of the molecule is CC/C=C(\C)Nc1ccc(C)c(-c2c[nH]c(=O)c(C)c2)n1. The van der Waals surface area contributed by atoms with Gasteiger partial charge in [0.05, 0.1) is 5.69 Å². The number of aryl methyl sites for hydroxylation is 2. The highest BCUT2D eigenvalue weighted by atomic mass is 16.1. The Morgan fingerprint density at radius 3 is 2.76 bits per heavy atom. The van der Waals surface area contributed by atoms with Crippen molar-refractivity contribution in [1.82, 2.24) is 9.97 Å². The summed E-state index contributed by atoms with van der Waals surface area (Å²) in [6.45, 7) is 7.94. The first-order valence-electron chi connectivity index (χ1n) is 7.12. The zero-order chi connectivity index (χ0) is 15.4. The molecule has 0 aliphatic carbocycles. The first kappa shape index (κ1) is 15.0. The number of H-pyrrole nitrogens is 1. The minimum Gasteiger partial charge on any atom is -0.344 e. The summed E-state index contributed by atoms with van der Waals surface area (Å²) in [5, 5.41) is 3.28. The molecule has 0 radical (unpaired) electrons. The summed E-state index contributed by atoms with van der Waals surface area (Å²) in [7, 11) is 0. The fraction of sp³-hybridized carbons (Fsp3) is 0.294. The third-order valence-electron chi connectivity index (χ3n) is 3.29. The fourth-order valence-corrected chi connectivity index (χ4v) is 2.18. The van der Waals surface area contributed by atoms with Crippen molar-refractivity contribution in [3.05, 3.63) is 57.6 Å². The molecule has 0 spiro atoms. The van der Waals surface area contributed by atoms with Gasteiger partial charge in [-0.1, -0.05) is 19.1 Å². The average molecular weight is 283 g/mol. The van der Waals surface area contributed by atoms with Crippen LogP contribution in [0.4, 0.5) is 5.82 Å². The predicted molar refractivity (Wildman–Crippen MR) is 87.4 cm³/mol. The summed E-state index contributed by atoms with van der Waals surface area (Å²) < 4.78 is 0. The number of aromatic nitrogens is 2. The number of nitrogens with zero attached hydrogens (tertiary/aromatic N) is 1. The van der Waals surface area contributed by atoms with Crippen molar-refractivity contribution in [2.45, 2.75) is 34.1 Å². The number of pyridine rings is 2. The summed E-state index contributed by atoms with van der Waals surface area (Å²) in [5.41, 5.74) is 4.58. The van der Waals surface area contributed by atoms with Gasteiger partial charge in [-0.2, -0.15) is 0 Å². The summed E-state index contributed by atoms with van der Waals surface area (Å²) in [5.74, 6) is 0.807. The van der Waals surface area contributed by atoms with E-state index in [2.05, 4.69) is 28.3 Å². The maximum absolute atomic E-state index is 11.5. The quantitative estimate of drug-likeness (QED) is 0.897. The van der Waals surface area contributed by atoms with Crippen molar-refractivity contribution < 1.29 is 0 Å². The van der Waals surface area contributed by atoms with Gasteiger partial charge < -0.3 is 10.3 Å². The molecular weight excluding hydrogens is 262 g/mol. The molecular formula is C17H21N3O. The van der Waals surface area contributed by atoms with Crippen LogP contribution in [0, 0.1) is 13.8 Å². The van der Waals surface area contributed by atoms with Gasteiger partial charge in [0.15, 0.2) is 0 Å². The molecule has 110 valence electrons. The molecule has 0 bridgehead atoms. The Labute approximate surface area is 125 Å². The Balaban J connectivity index is 2.41. The van der Waals surface area contributed by atoms with Crippen LogP contribution < -0.4 is 10.9 Å². The highest BCUT2D eigenvalue weighted by molar-refractivity contribution is 5.65. The van der Waals surface area contributed by atoms with Gasteiger partial charge in [0, 0.05) is 23.0 Å². The Bertz CT molecular complexity index is 729. The Kier molecular flexibility index (Phi) is 4.58. The molecule has 0 atom stereocenters. The van der Waals surface area contributed by atoms with E-state index in [0.717, 1.165) is 34.8 Å². The van der Waals surface area contributed by atoms with Gasteiger partial charge in [-0.3, -0.25) is 4.79 Å². The van der Waals surface area contributed by atoms with E-state index in [-0.39, 0.29) is 5.56 Å². The standard InChI is InChI=1S/C17H21N3O/c1-5-6-13(4)19-15-8-7-11(2)16(20-15)14-9-12(3)17(21)18-10-14/h6-10H,5H2,1-4H3,(H,18,21)(H,19,20)/b13-6+. The molecule has 0 aliphatic rings. The molecule has 2 aromatic rings. The number of allylic oxidation sites excluding steroid dienone is 2. The average Bonchev–Trinajstić information content (AvgIpc) is 2.44. The van der Waals surface area contributed by atoms with Gasteiger partial charge in [-0.15, -0.1) is 0 Å². The molecule has 0 amide bonds. The summed E-state index contributed by atoms with van der Waals surface area (Å²) in [4.78, 5) is 18.9. The normalized spacial score (nSPS) is 11.5. The van der Waals surface area contributed by atoms with Crippen LogP contribution in [0.15, 0.2) is 41.0 Å². The number of anilines is 1. The highest BCUT2D eigenvalue weighted by Gasteiger charge is 2.07. The van der Waals surface area contributed by atoms with Gasteiger partial charge in [-0.05, 0) is 44.9 Å². The lowest BCUT2D eigenvalue weighted by Crippen LogP contribution is -2.08. The van der Waals surface area contributed by atoms with Crippen molar-refractivity contribution in [3.63, 3.8) is 0 Å². The second kappa shape index (κ2) is 6.39. The lowest BCUT2D eigenvalue weighted by Gasteiger charge is -2.10. The van der Waals surface area contributed by atoms with Crippen LogP contribution in [0.25, 0.3) is 11.3 Å². The van der Waals surface area contributed by atoms with E-state index in [1.807, 2.05) is 32.0 Å². The van der Waals surface area contributed by atoms with Crippen LogP contribution >= 0.6 is 0 Å². The molecule has 0 fully saturated rings. The zero-order valence-electron chi connectivity index (χ0n) is 12.9. The largest absolute Gasteiger partial charge is 0.344 e. The van der Waals surface area contributed by atoms with E-state index >= 15 is 0 Å². The zero-order valence-corrected chi connectivity index (χ0v) is 12.9. The third kappa shape index (κ3) is 3.60. The minimum absolute atomic E-state index is 0.0626. The van der Waals surface area contributed by atoms with Crippen molar-refractivity contribution in [2.75, 3.05) is 5.32 Å². The number of nitrogens with one attached hydrogen (secondary N) is 2. The van der Waals surface area contributed by atoms with Crippen molar-refractivity contribution in [1.29, 1.82) is 0 Å². The van der Waals surface area contributed by atoms with Gasteiger partial charge in [0.1, 0.15) is 5.82 Å². The smallest absolute Gasteiger partial charge is 0.250 e. The topological polar surface area (TPSA) is 57.8 Å². The highest BCUT2D eigenvalue weighted by Crippen LogP contribution is 2.23. The molecule has 0 unspecified atom stereocenters. The van der Waals surface area contributed by atoms with Crippen LogP contribution in [-0.4, -0.2) is 9.97 Å². The van der Waals surface area contributed by atoms with Crippen molar-refractivity contribution in [2.24, 2.45) is 0 Å². The number of hydrogen-bond donors (Lipinski definition) is 2. The van der Waals surface area contributed by atoms with Crippen LogP contribution in [0.1, 0.15) is 31.4 Å².